The maximum Gasteiger partial charge on any atom is 0.0575 e. The highest BCUT2D eigenvalue weighted by Crippen LogP contribution is 2.33. The average molecular weight is 253 g/mol. The van der Waals surface area contributed by atoms with Crippen molar-refractivity contribution in [3.8, 4) is 0 Å². The second-order valence-corrected chi connectivity index (χ2v) is 6.71. The smallest absolute Gasteiger partial charge is 0.0575 e. The van der Waals surface area contributed by atoms with Crippen LogP contribution in [0.25, 0.3) is 0 Å². The highest BCUT2D eigenvalue weighted by molar-refractivity contribution is 7.07. The molecule has 2 rings (SSSR count). The van der Waals surface area contributed by atoms with E-state index in [1.165, 1.54) is 18.4 Å². The van der Waals surface area contributed by atoms with Crippen molar-refractivity contribution in [3.05, 3.63) is 22.4 Å². The first-order chi connectivity index (χ1) is 7.99. The molecule has 1 saturated carbocycles. The van der Waals surface area contributed by atoms with Gasteiger partial charge in [-0.05, 0) is 42.2 Å². The van der Waals surface area contributed by atoms with Crippen LogP contribution in [0.3, 0.4) is 0 Å². The van der Waals surface area contributed by atoms with Crippen LogP contribution in [0.4, 0.5) is 0 Å². The predicted molar refractivity (Wildman–Crippen MR) is 73.2 cm³/mol. The molecule has 1 atom stereocenters. The maximum absolute atomic E-state index is 9.83. The van der Waals surface area contributed by atoms with Crippen LogP contribution in [0.15, 0.2) is 16.8 Å². The Morgan fingerprint density at radius 2 is 2.24 bits per heavy atom. The van der Waals surface area contributed by atoms with Crippen LogP contribution in [0.2, 0.25) is 0 Å². The van der Waals surface area contributed by atoms with E-state index in [0.29, 0.717) is 0 Å². The van der Waals surface area contributed by atoms with Crippen molar-refractivity contribution in [2.45, 2.75) is 52.3 Å². The lowest BCUT2D eigenvalue weighted by Crippen LogP contribution is -2.41. The monoisotopic (exact) mass is 253 g/mol. The summed E-state index contributed by atoms with van der Waals surface area (Å²) in [6.45, 7) is 8.21. The maximum atomic E-state index is 9.83. The number of aliphatic hydroxyl groups excluding tert-OH is 1. The van der Waals surface area contributed by atoms with Crippen molar-refractivity contribution in [1.82, 2.24) is 4.90 Å². The van der Waals surface area contributed by atoms with Gasteiger partial charge in [-0.3, -0.25) is 4.90 Å². The van der Waals surface area contributed by atoms with E-state index >= 15 is 0 Å². The number of thiophene rings is 1. The van der Waals surface area contributed by atoms with Gasteiger partial charge in [-0.1, -0.05) is 13.8 Å². The summed E-state index contributed by atoms with van der Waals surface area (Å²) in [5.74, 6) is 0. The van der Waals surface area contributed by atoms with E-state index in [-0.39, 0.29) is 11.5 Å². The lowest BCUT2D eigenvalue weighted by atomic mass is 9.86. The molecule has 1 heterocycles. The Balaban J connectivity index is 1.98. The van der Waals surface area contributed by atoms with E-state index in [0.717, 1.165) is 19.1 Å². The Morgan fingerprint density at radius 3 is 2.71 bits per heavy atom. The van der Waals surface area contributed by atoms with Crippen molar-refractivity contribution in [2.75, 3.05) is 6.54 Å². The Labute approximate surface area is 108 Å². The van der Waals surface area contributed by atoms with Crippen LogP contribution < -0.4 is 0 Å². The number of aliphatic hydroxyl groups is 1. The molecule has 0 saturated heterocycles. The molecule has 1 aliphatic rings. The van der Waals surface area contributed by atoms with Crippen LogP contribution in [0, 0.1) is 5.41 Å². The second-order valence-electron chi connectivity index (χ2n) is 5.93. The quantitative estimate of drug-likeness (QED) is 0.842. The summed E-state index contributed by atoms with van der Waals surface area (Å²) in [5, 5.41) is 14.2. The number of rotatable bonds is 6. The van der Waals surface area contributed by atoms with Gasteiger partial charge in [0.1, 0.15) is 0 Å². The minimum absolute atomic E-state index is 0.0292. The summed E-state index contributed by atoms with van der Waals surface area (Å²) in [4.78, 5) is 2.54. The van der Waals surface area contributed by atoms with Gasteiger partial charge in [0, 0.05) is 24.5 Å². The molecule has 1 aliphatic carbocycles. The molecule has 0 radical (unpaired) electrons. The highest BCUT2D eigenvalue weighted by atomic mass is 32.1. The summed E-state index contributed by atoms with van der Waals surface area (Å²) in [5.41, 5.74) is 1.38. The minimum atomic E-state index is -0.258. The van der Waals surface area contributed by atoms with Crippen LogP contribution in [-0.4, -0.2) is 28.7 Å². The highest BCUT2D eigenvalue weighted by Gasteiger charge is 2.34. The molecule has 96 valence electrons. The summed E-state index contributed by atoms with van der Waals surface area (Å²) >= 11 is 1.76. The average Bonchev–Trinajstić information content (AvgIpc) is 2.97. The SMILES string of the molecule is CC(O)C(C)(C)CN(Cc1ccsc1)C1CC1. The van der Waals surface area contributed by atoms with Gasteiger partial charge in [-0.2, -0.15) is 11.3 Å². The summed E-state index contributed by atoms with van der Waals surface area (Å²) < 4.78 is 0. The van der Waals surface area contributed by atoms with Crippen LogP contribution in [0.1, 0.15) is 39.2 Å². The molecular formula is C14H23NOS. The molecule has 0 spiro atoms. The van der Waals surface area contributed by atoms with E-state index in [4.69, 9.17) is 0 Å². The molecule has 0 aliphatic heterocycles. The van der Waals surface area contributed by atoms with Crippen molar-refractivity contribution < 1.29 is 5.11 Å². The molecule has 0 bridgehead atoms. The van der Waals surface area contributed by atoms with Gasteiger partial charge in [0.25, 0.3) is 0 Å². The number of nitrogens with zero attached hydrogens (tertiary/aromatic N) is 1. The van der Waals surface area contributed by atoms with Gasteiger partial charge in [-0.25, -0.2) is 0 Å². The van der Waals surface area contributed by atoms with E-state index in [2.05, 4.69) is 35.6 Å². The molecule has 1 unspecified atom stereocenters. The Morgan fingerprint density at radius 1 is 1.53 bits per heavy atom. The fourth-order valence-corrected chi connectivity index (χ4v) is 2.69. The van der Waals surface area contributed by atoms with E-state index < -0.39 is 0 Å². The Hall–Kier alpha value is -0.380. The largest absolute Gasteiger partial charge is 0.393 e. The van der Waals surface area contributed by atoms with Crippen molar-refractivity contribution >= 4 is 11.3 Å². The third-order valence-electron chi connectivity index (χ3n) is 3.77. The lowest BCUT2D eigenvalue weighted by molar-refractivity contribution is 0.0298. The third-order valence-corrected chi connectivity index (χ3v) is 4.50. The van der Waals surface area contributed by atoms with Gasteiger partial charge in [0.15, 0.2) is 0 Å². The number of hydrogen-bond acceptors (Lipinski definition) is 3. The molecule has 1 aromatic rings. The van der Waals surface area contributed by atoms with Gasteiger partial charge < -0.3 is 5.11 Å². The molecular weight excluding hydrogens is 230 g/mol. The lowest BCUT2D eigenvalue weighted by Gasteiger charge is -2.35. The topological polar surface area (TPSA) is 23.5 Å². The fourth-order valence-electron chi connectivity index (χ4n) is 2.03. The molecule has 2 nitrogen and oxygen atoms in total. The molecule has 1 N–H and O–H groups in total. The minimum Gasteiger partial charge on any atom is -0.393 e. The first kappa shape index (κ1) is 13.1. The third kappa shape index (κ3) is 3.54. The fraction of sp³-hybridized carbons (Fsp3) is 0.714. The molecule has 0 aromatic carbocycles. The second kappa shape index (κ2) is 5.09. The molecule has 1 aromatic heterocycles. The summed E-state index contributed by atoms with van der Waals surface area (Å²) in [7, 11) is 0. The Bertz CT molecular complexity index is 341. The van der Waals surface area contributed by atoms with Crippen LogP contribution in [-0.2, 0) is 6.54 Å². The zero-order chi connectivity index (χ0) is 12.5. The number of hydrogen-bond donors (Lipinski definition) is 1. The molecule has 1 fully saturated rings. The van der Waals surface area contributed by atoms with Gasteiger partial charge in [0.05, 0.1) is 6.10 Å². The van der Waals surface area contributed by atoms with Gasteiger partial charge >= 0.3 is 0 Å². The first-order valence-corrected chi connectivity index (χ1v) is 7.36. The predicted octanol–water partition coefficient (Wildman–Crippen LogP) is 3.12. The zero-order valence-electron chi connectivity index (χ0n) is 11.0. The van der Waals surface area contributed by atoms with Gasteiger partial charge in [-0.15, -0.1) is 0 Å². The molecule has 17 heavy (non-hydrogen) atoms. The summed E-state index contributed by atoms with van der Waals surface area (Å²) in [6.07, 6.45) is 2.38. The van der Waals surface area contributed by atoms with Crippen LogP contribution in [0.5, 0.6) is 0 Å². The van der Waals surface area contributed by atoms with Crippen molar-refractivity contribution in [2.24, 2.45) is 5.41 Å². The summed E-state index contributed by atoms with van der Waals surface area (Å²) in [6, 6.07) is 2.95. The van der Waals surface area contributed by atoms with Crippen molar-refractivity contribution in [1.29, 1.82) is 0 Å². The normalized spacial score (nSPS) is 18.6. The van der Waals surface area contributed by atoms with Crippen LogP contribution >= 0.6 is 11.3 Å². The van der Waals surface area contributed by atoms with Crippen molar-refractivity contribution in [3.63, 3.8) is 0 Å². The molecule has 3 heteroatoms. The van der Waals surface area contributed by atoms with E-state index in [1.807, 2.05) is 6.92 Å². The van der Waals surface area contributed by atoms with E-state index in [9.17, 15) is 5.11 Å². The zero-order valence-corrected chi connectivity index (χ0v) is 11.8. The standard InChI is InChI=1S/C14H23NOS/c1-11(16)14(2,3)10-15(13-4-5-13)8-12-6-7-17-9-12/h6-7,9,11,13,16H,4-5,8,10H2,1-3H3. The first-order valence-electron chi connectivity index (χ1n) is 6.42. The van der Waals surface area contributed by atoms with Gasteiger partial charge in [0.2, 0.25) is 0 Å². The molecule has 0 amide bonds. The van der Waals surface area contributed by atoms with E-state index in [1.54, 1.807) is 11.3 Å². The Kier molecular flexibility index (Phi) is 3.91.